The van der Waals surface area contributed by atoms with Crippen molar-refractivity contribution in [2.45, 2.75) is 63.7 Å². The lowest BCUT2D eigenvalue weighted by Gasteiger charge is -2.30. The van der Waals surface area contributed by atoms with E-state index in [1.165, 1.54) is 66.6 Å². The van der Waals surface area contributed by atoms with Crippen molar-refractivity contribution in [1.29, 1.82) is 0 Å². The number of nitrogens with zero attached hydrogens (tertiary/aromatic N) is 4. The van der Waals surface area contributed by atoms with Crippen LogP contribution >= 0.6 is 0 Å². The number of hydrogen-bond donors (Lipinski definition) is 1. The maximum absolute atomic E-state index is 5.29. The van der Waals surface area contributed by atoms with Gasteiger partial charge in [0.25, 0.3) is 0 Å². The number of aromatic nitrogens is 5. The first-order valence-electron chi connectivity index (χ1n) is 10.1. The maximum atomic E-state index is 5.29. The van der Waals surface area contributed by atoms with E-state index in [9.17, 15) is 0 Å². The van der Waals surface area contributed by atoms with E-state index in [2.05, 4.69) is 57.9 Å². The average molecular weight is 361 g/mol. The molecule has 3 aromatic rings. The monoisotopic (exact) mass is 361 g/mol. The summed E-state index contributed by atoms with van der Waals surface area (Å²) in [5.41, 5.74) is 7.56. The van der Waals surface area contributed by atoms with Crippen molar-refractivity contribution >= 4 is 0 Å². The molecule has 0 atom stereocenters. The Morgan fingerprint density at radius 2 is 1.74 bits per heavy atom. The van der Waals surface area contributed by atoms with Crippen LogP contribution in [0.5, 0.6) is 0 Å². The van der Waals surface area contributed by atoms with Crippen LogP contribution in [-0.4, -0.2) is 25.6 Å². The number of rotatable bonds is 3. The Kier molecular flexibility index (Phi) is 4.03. The van der Waals surface area contributed by atoms with Crippen LogP contribution < -0.4 is 0 Å². The third-order valence-electron chi connectivity index (χ3n) is 6.38. The van der Waals surface area contributed by atoms with Crippen molar-refractivity contribution in [2.75, 3.05) is 0 Å². The highest BCUT2D eigenvalue weighted by molar-refractivity contribution is 5.85. The lowest BCUT2D eigenvalue weighted by atomic mass is 9.77. The average Bonchev–Trinajstić information content (AvgIpc) is 3.40. The summed E-state index contributed by atoms with van der Waals surface area (Å²) in [7, 11) is 0. The predicted octanol–water partition coefficient (Wildman–Crippen LogP) is 4.89. The first-order valence-corrected chi connectivity index (χ1v) is 10.1. The molecule has 5 rings (SSSR count). The third kappa shape index (κ3) is 2.76. The summed E-state index contributed by atoms with van der Waals surface area (Å²) in [5, 5.41) is 15.3. The summed E-state index contributed by atoms with van der Waals surface area (Å²) >= 11 is 0. The molecular weight excluding hydrogens is 334 g/mol. The van der Waals surface area contributed by atoms with Crippen LogP contribution in [0.1, 0.15) is 63.8 Å². The fourth-order valence-corrected chi connectivity index (χ4v) is 4.98. The van der Waals surface area contributed by atoms with Crippen molar-refractivity contribution in [1.82, 2.24) is 25.6 Å². The van der Waals surface area contributed by atoms with Gasteiger partial charge in [-0.15, -0.1) is 10.2 Å². The number of aromatic amines is 1. The van der Waals surface area contributed by atoms with Crippen LogP contribution in [0.2, 0.25) is 0 Å². The van der Waals surface area contributed by atoms with Crippen molar-refractivity contribution in [3.63, 3.8) is 0 Å². The van der Waals surface area contributed by atoms with E-state index in [-0.39, 0.29) is 6.84 Å². The summed E-state index contributed by atoms with van der Waals surface area (Å²) in [5.74, 6) is 0.679. The minimum atomic E-state index is 0. The van der Waals surface area contributed by atoms with Crippen molar-refractivity contribution in [2.24, 2.45) is 0 Å². The molecule has 2 aliphatic carbocycles. The molecule has 5 nitrogen and oxygen atoms in total. The predicted molar refractivity (Wildman–Crippen MR) is 107 cm³/mol. The maximum Gasteiger partial charge on any atom is 0.207 e. The molecule has 0 spiro atoms. The standard InChI is InChI=1S/C22H25N5.H2/c1-22(13-7-8-14-22)20-19(21-24-26-27-25-21)18(15-9-3-2-4-10-15)16-11-5-6-12-17(16)23-20;/h2-4,9-10H,5-8,11-14H2,1H3,(H,24,25,26,27);1H. The topological polar surface area (TPSA) is 67.3 Å². The molecule has 2 aromatic heterocycles. The fraction of sp³-hybridized carbons (Fsp3) is 0.455. The minimum absolute atomic E-state index is 0. The smallest absolute Gasteiger partial charge is 0.207 e. The Morgan fingerprint density at radius 1 is 0.963 bits per heavy atom. The minimum Gasteiger partial charge on any atom is -0.256 e. The van der Waals surface area contributed by atoms with Gasteiger partial charge in [0.2, 0.25) is 5.82 Å². The summed E-state index contributed by atoms with van der Waals surface area (Å²) in [4.78, 5) is 5.29. The first kappa shape index (κ1) is 16.6. The zero-order valence-electron chi connectivity index (χ0n) is 15.8. The summed E-state index contributed by atoms with van der Waals surface area (Å²) in [6.45, 7) is 2.37. The van der Waals surface area contributed by atoms with Crippen LogP contribution in [0.4, 0.5) is 0 Å². The highest BCUT2D eigenvalue weighted by Crippen LogP contribution is 2.48. The van der Waals surface area contributed by atoms with Crippen LogP contribution in [-0.2, 0) is 18.3 Å². The van der Waals surface area contributed by atoms with Gasteiger partial charge in [-0.25, -0.2) is 0 Å². The van der Waals surface area contributed by atoms with Gasteiger partial charge in [0.05, 0.1) is 11.3 Å². The highest BCUT2D eigenvalue weighted by Gasteiger charge is 2.38. The van der Waals surface area contributed by atoms with Crippen LogP contribution in [0.25, 0.3) is 22.5 Å². The Labute approximate surface area is 161 Å². The molecule has 0 aliphatic heterocycles. The van der Waals surface area contributed by atoms with Gasteiger partial charge in [-0.1, -0.05) is 50.1 Å². The Bertz CT molecular complexity index is 947. The van der Waals surface area contributed by atoms with E-state index in [0.717, 1.165) is 18.4 Å². The second kappa shape index (κ2) is 6.55. The molecule has 27 heavy (non-hydrogen) atoms. The Morgan fingerprint density at radius 3 is 2.48 bits per heavy atom. The quantitative estimate of drug-likeness (QED) is 0.721. The molecule has 5 heteroatoms. The third-order valence-corrected chi connectivity index (χ3v) is 6.38. The number of tetrazole rings is 1. The molecule has 2 aliphatic rings. The number of hydrogen-bond acceptors (Lipinski definition) is 4. The Balaban J connectivity index is 0.00000192. The summed E-state index contributed by atoms with van der Waals surface area (Å²) in [6.07, 6.45) is 9.49. The van der Waals surface area contributed by atoms with Crippen LogP contribution in [0, 0.1) is 0 Å². The second-order valence-electron chi connectivity index (χ2n) is 8.21. The van der Waals surface area contributed by atoms with Gasteiger partial charge in [0.15, 0.2) is 0 Å². The number of pyridine rings is 1. The summed E-state index contributed by atoms with van der Waals surface area (Å²) in [6, 6.07) is 10.7. The highest BCUT2D eigenvalue weighted by atomic mass is 15.5. The number of H-pyrrole nitrogens is 1. The van der Waals surface area contributed by atoms with Gasteiger partial charge in [0, 0.05) is 12.5 Å². The Hall–Kier alpha value is -2.56. The SMILES string of the molecule is CC1(c2nc3c(c(-c4ccccc4)c2-c2nn[nH]n2)CCCC3)CCCC1.[HH]. The van der Waals surface area contributed by atoms with E-state index in [1.807, 2.05) is 0 Å². The summed E-state index contributed by atoms with van der Waals surface area (Å²) < 4.78 is 0. The normalized spacial score (nSPS) is 18.4. The first-order chi connectivity index (χ1) is 13.3. The largest absolute Gasteiger partial charge is 0.256 e. The molecule has 0 saturated heterocycles. The van der Waals surface area contributed by atoms with E-state index in [0.29, 0.717) is 5.82 Å². The van der Waals surface area contributed by atoms with Gasteiger partial charge in [0.1, 0.15) is 0 Å². The molecule has 0 bridgehead atoms. The molecule has 2 heterocycles. The number of nitrogens with one attached hydrogen (secondary N) is 1. The van der Waals surface area contributed by atoms with Gasteiger partial charge in [-0.2, -0.15) is 5.21 Å². The molecule has 0 radical (unpaired) electrons. The molecule has 0 unspecified atom stereocenters. The zero-order chi connectivity index (χ0) is 18.3. The van der Waals surface area contributed by atoms with Crippen molar-refractivity contribution in [3.05, 3.63) is 47.3 Å². The van der Waals surface area contributed by atoms with Crippen LogP contribution in [0.3, 0.4) is 0 Å². The fourth-order valence-electron chi connectivity index (χ4n) is 4.98. The van der Waals surface area contributed by atoms with E-state index in [4.69, 9.17) is 4.98 Å². The molecular formula is C22H27N5. The van der Waals surface area contributed by atoms with Gasteiger partial charge < -0.3 is 0 Å². The molecule has 140 valence electrons. The number of benzene rings is 1. The zero-order valence-corrected chi connectivity index (χ0v) is 15.8. The molecule has 1 N–H and O–H groups in total. The number of fused-ring (bicyclic) bond motifs is 1. The molecule has 1 aromatic carbocycles. The van der Waals surface area contributed by atoms with E-state index in [1.54, 1.807) is 0 Å². The van der Waals surface area contributed by atoms with Crippen LogP contribution in [0.15, 0.2) is 30.3 Å². The molecule has 1 fully saturated rings. The van der Waals surface area contributed by atoms with E-state index < -0.39 is 0 Å². The van der Waals surface area contributed by atoms with Crippen molar-refractivity contribution < 1.29 is 1.43 Å². The lowest BCUT2D eigenvalue weighted by molar-refractivity contribution is 0.473. The lowest BCUT2D eigenvalue weighted by Crippen LogP contribution is -2.23. The van der Waals surface area contributed by atoms with Gasteiger partial charge in [-0.3, -0.25) is 4.98 Å². The molecule has 0 amide bonds. The number of aryl methyl sites for hydroxylation is 1. The molecule has 1 saturated carbocycles. The van der Waals surface area contributed by atoms with Gasteiger partial charge in [-0.05, 0) is 60.4 Å². The van der Waals surface area contributed by atoms with E-state index >= 15 is 0 Å². The van der Waals surface area contributed by atoms with Crippen molar-refractivity contribution in [3.8, 4) is 22.5 Å². The second-order valence-corrected chi connectivity index (χ2v) is 8.21. The van der Waals surface area contributed by atoms with Gasteiger partial charge >= 0.3 is 0 Å².